The maximum absolute atomic E-state index is 11.0. The molecule has 0 spiro atoms. The average molecular weight is 276 g/mol. The van der Waals surface area contributed by atoms with Gasteiger partial charge in [-0.1, -0.05) is 23.7 Å². The molecule has 2 nitrogen and oxygen atoms in total. The molecule has 0 aliphatic carbocycles. The fraction of sp³-hybridized carbons (Fsp3) is 0.462. The maximum Gasteiger partial charge on any atom is 0.137 e. The molecule has 1 rings (SSSR count). The molecule has 0 aromatic heterocycles. The van der Waals surface area contributed by atoms with Gasteiger partial charge in [-0.3, -0.25) is 0 Å². The molecular formula is C13H19Cl2NO. The third-order valence-electron chi connectivity index (χ3n) is 2.13. The summed E-state index contributed by atoms with van der Waals surface area (Å²) in [7, 11) is 0. The van der Waals surface area contributed by atoms with Crippen molar-refractivity contribution in [3.05, 3.63) is 34.9 Å². The van der Waals surface area contributed by atoms with Crippen molar-refractivity contribution in [2.75, 3.05) is 0 Å². The van der Waals surface area contributed by atoms with Crippen molar-refractivity contribution in [1.82, 2.24) is 5.32 Å². The van der Waals surface area contributed by atoms with Gasteiger partial charge in [0, 0.05) is 10.6 Å². The maximum atomic E-state index is 11.0. The Morgan fingerprint density at radius 2 is 2.06 bits per heavy atom. The fourth-order valence-electron chi connectivity index (χ4n) is 1.61. The summed E-state index contributed by atoms with van der Waals surface area (Å²) in [6.07, 6.45) is 1.62. The Hall–Kier alpha value is -0.570. The summed E-state index contributed by atoms with van der Waals surface area (Å²) >= 11 is 5.90. The van der Waals surface area contributed by atoms with Crippen molar-refractivity contribution >= 4 is 30.3 Å². The monoisotopic (exact) mass is 275 g/mol. The van der Waals surface area contributed by atoms with Gasteiger partial charge in [-0.05, 0) is 44.9 Å². The van der Waals surface area contributed by atoms with E-state index < -0.39 is 0 Å². The summed E-state index contributed by atoms with van der Waals surface area (Å²) < 4.78 is 0. The van der Waals surface area contributed by atoms with Gasteiger partial charge in [0.1, 0.15) is 6.29 Å². The number of nitrogens with one attached hydrogen (secondary N) is 1. The van der Waals surface area contributed by atoms with Crippen LogP contribution < -0.4 is 5.32 Å². The van der Waals surface area contributed by atoms with Crippen molar-refractivity contribution in [3.8, 4) is 0 Å². The minimum absolute atomic E-state index is 0. The zero-order valence-corrected chi connectivity index (χ0v) is 11.9. The highest BCUT2D eigenvalue weighted by Crippen LogP contribution is 2.13. The van der Waals surface area contributed by atoms with Crippen molar-refractivity contribution in [1.29, 1.82) is 0 Å². The van der Waals surface area contributed by atoms with Crippen LogP contribution in [-0.2, 0) is 11.2 Å². The number of hydrogen-bond acceptors (Lipinski definition) is 2. The van der Waals surface area contributed by atoms with Gasteiger partial charge in [-0.2, -0.15) is 0 Å². The summed E-state index contributed by atoms with van der Waals surface area (Å²) in [5.41, 5.74) is 1.01. The van der Waals surface area contributed by atoms with E-state index >= 15 is 0 Å². The fourth-order valence-corrected chi connectivity index (χ4v) is 1.82. The van der Waals surface area contributed by atoms with Gasteiger partial charge in [0.15, 0.2) is 0 Å². The van der Waals surface area contributed by atoms with Crippen LogP contribution in [0.15, 0.2) is 24.3 Å². The van der Waals surface area contributed by atoms with Crippen LogP contribution in [0.4, 0.5) is 0 Å². The minimum Gasteiger partial charge on any atom is -0.303 e. The molecule has 1 N–H and O–H groups in total. The normalized spacial score (nSPS) is 12.7. The molecule has 0 radical (unpaired) electrons. The van der Waals surface area contributed by atoms with Gasteiger partial charge < -0.3 is 10.1 Å². The lowest BCUT2D eigenvalue weighted by atomic mass is 10.0. The van der Waals surface area contributed by atoms with Crippen LogP contribution in [-0.4, -0.2) is 17.9 Å². The number of hydrogen-bond donors (Lipinski definition) is 1. The Labute approximate surface area is 114 Å². The Morgan fingerprint density at radius 3 is 2.53 bits per heavy atom. The molecule has 1 unspecified atom stereocenters. The standard InChI is InChI=1S/C13H18ClNO.ClH/c1-13(2,3)15-12(9-16)8-10-5-4-6-11(14)7-10;/h4-7,9,12,15H,8H2,1-3H3;1H. The van der Waals surface area contributed by atoms with E-state index in [0.717, 1.165) is 11.8 Å². The van der Waals surface area contributed by atoms with Gasteiger partial charge >= 0.3 is 0 Å². The largest absolute Gasteiger partial charge is 0.303 e. The minimum atomic E-state index is -0.168. The Bertz CT molecular complexity index is 361. The number of halogens is 2. The molecule has 1 aromatic carbocycles. The Balaban J connectivity index is 0.00000256. The van der Waals surface area contributed by atoms with E-state index in [1.54, 1.807) is 0 Å². The summed E-state index contributed by atoms with van der Waals surface area (Å²) in [5.74, 6) is 0. The van der Waals surface area contributed by atoms with Crippen LogP contribution in [0.3, 0.4) is 0 Å². The smallest absolute Gasteiger partial charge is 0.137 e. The van der Waals surface area contributed by atoms with Crippen molar-refractivity contribution in [2.24, 2.45) is 0 Å². The van der Waals surface area contributed by atoms with E-state index in [4.69, 9.17) is 11.6 Å². The molecule has 17 heavy (non-hydrogen) atoms. The van der Waals surface area contributed by atoms with Gasteiger partial charge in [0.2, 0.25) is 0 Å². The SMILES string of the molecule is CC(C)(C)NC(C=O)Cc1cccc(Cl)c1.Cl. The molecule has 1 aromatic rings. The third kappa shape index (κ3) is 6.67. The predicted octanol–water partition coefficient (Wildman–Crippen LogP) is 3.26. The van der Waals surface area contributed by atoms with Crippen LogP contribution in [0, 0.1) is 0 Å². The molecule has 4 heteroatoms. The number of rotatable bonds is 4. The average Bonchev–Trinajstić information content (AvgIpc) is 2.14. The van der Waals surface area contributed by atoms with E-state index in [0.29, 0.717) is 11.4 Å². The lowest BCUT2D eigenvalue weighted by Crippen LogP contribution is -2.45. The molecule has 0 aliphatic heterocycles. The second-order valence-electron chi connectivity index (χ2n) is 4.97. The highest BCUT2D eigenvalue weighted by atomic mass is 35.5. The topological polar surface area (TPSA) is 29.1 Å². The lowest BCUT2D eigenvalue weighted by molar-refractivity contribution is -0.110. The van der Waals surface area contributed by atoms with Crippen molar-refractivity contribution < 1.29 is 4.79 Å². The Morgan fingerprint density at radius 1 is 1.41 bits per heavy atom. The van der Waals surface area contributed by atoms with Crippen molar-refractivity contribution in [2.45, 2.75) is 38.8 Å². The zero-order valence-electron chi connectivity index (χ0n) is 10.4. The predicted molar refractivity (Wildman–Crippen MR) is 75.1 cm³/mol. The molecule has 0 amide bonds. The molecule has 0 fully saturated rings. The first-order chi connectivity index (χ1) is 7.40. The van der Waals surface area contributed by atoms with E-state index in [9.17, 15) is 4.79 Å². The summed E-state index contributed by atoms with van der Waals surface area (Å²) in [4.78, 5) is 11.0. The molecule has 0 saturated carbocycles. The van der Waals surface area contributed by atoms with Crippen LogP contribution in [0.2, 0.25) is 5.02 Å². The summed E-state index contributed by atoms with van der Waals surface area (Å²) in [5, 5.41) is 3.97. The Kier molecular flexibility index (Phi) is 6.76. The molecule has 0 heterocycles. The molecular weight excluding hydrogens is 257 g/mol. The zero-order chi connectivity index (χ0) is 12.2. The number of aldehydes is 1. The van der Waals surface area contributed by atoms with E-state index in [2.05, 4.69) is 5.32 Å². The van der Waals surface area contributed by atoms with E-state index in [1.165, 1.54) is 0 Å². The van der Waals surface area contributed by atoms with Crippen molar-refractivity contribution in [3.63, 3.8) is 0 Å². The molecule has 0 bridgehead atoms. The summed E-state index contributed by atoms with van der Waals surface area (Å²) in [6, 6.07) is 7.43. The molecule has 0 aliphatic rings. The number of carbonyl (C=O) groups is 1. The first-order valence-electron chi connectivity index (χ1n) is 5.38. The first-order valence-corrected chi connectivity index (χ1v) is 5.76. The van der Waals surface area contributed by atoms with Crippen LogP contribution in [0.1, 0.15) is 26.3 Å². The number of benzene rings is 1. The molecule has 0 saturated heterocycles. The van der Waals surface area contributed by atoms with Crippen LogP contribution in [0.5, 0.6) is 0 Å². The van der Waals surface area contributed by atoms with Gasteiger partial charge in [0.25, 0.3) is 0 Å². The third-order valence-corrected chi connectivity index (χ3v) is 2.36. The second kappa shape index (κ2) is 7.00. The first kappa shape index (κ1) is 16.4. The molecule has 96 valence electrons. The molecule has 1 atom stereocenters. The number of carbonyl (C=O) groups excluding carboxylic acids is 1. The van der Waals surface area contributed by atoms with Crippen LogP contribution in [0.25, 0.3) is 0 Å². The highest BCUT2D eigenvalue weighted by Gasteiger charge is 2.16. The van der Waals surface area contributed by atoms with Crippen LogP contribution >= 0.6 is 24.0 Å². The second-order valence-corrected chi connectivity index (χ2v) is 5.41. The lowest BCUT2D eigenvalue weighted by Gasteiger charge is -2.25. The van der Waals surface area contributed by atoms with E-state index in [1.807, 2.05) is 45.0 Å². The summed E-state index contributed by atoms with van der Waals surface area (Å²) in [6.45, 7) is 6.13. The van der Waals surface area contributed by atoms with Gasteiger partial charge in [0.05, 0.1) is 6.04 Å². The van der Waals surface area contributed by atoms with Gasteiger partial charge in [-0.15, -0.1) is 12.4 Å². The quantitative estimate of drug-likeness (QED) is 0.855. The van der Waals surface area contributed by atoms with E-state index in [-0.39, 0.29) is 24.0 Å². The highest BCUT2D eigenvalue weighted by molar-refractivity contribution is 6.30. The van der Waals surface area contributed by atoms with Gasteiger partial charge in [-0.25, -0.2) is 0 Å².